The molecule has 0 amide bonds. The molecular formula is C47H28O. The molecule has 0 aliphatic heterocycles. The summed E-state index contributed by atoms with van der Waals surface area (Å²) in [5, 5.41) is 4.83. The Kier molecular flexibility index (Phi) is 5.10. The summed E-state index contributed by atoms with van der Waals surface area (Å²) in [6.07, 6.45) is 0. The summed E-state index contributed by atoms with van der Waals surface area (Å²) in [7, 11) is 0. The zero-order valence-electron chi connectivity index (χ0n) is 26.1. The zero-order valence-corrected chi connectivity index (χ0v) is 26.1. The molecule has 1 spiro atoms. The second-order valence-corrected chi connectivity index (χ2v) is 13.2. The molecule has 1 aromatic heterocycles. The Labute approximate surface area is 278 Å². The minimum absolute atomic E-state index is 0.371. The van der Waals surface area contributed by atoms with Gasteiger partial charge >= 0.3 is 0 Å². The molecule has 1 nitrogen and oxygen atoms in total. The Bertz CT molecular complexity index is 2730. The highest BCUT2D eigenvalue weighted by Gasteiger charge is 2.51. The predicted octanol–water partition coefficient (Wildman–Crippen LogP) is 12.4. The fourth-order valence-corrected chi connectivity index (χ4v) is 8.76. The summed E-state index contributed by atoms with van der Waals surface area (Å²) in [6.45, 7) is 0. The molecule has 0 radical (unpaired) electrons. The van der Waals surface area contributed by atoms with Gasteiger partial charge in [0.25, 0.3) is 0 Å². The third-order valence-corrected chi connectivity index (χ3v) is 10.9. The normalized spacial score (nSPS) is 13.6. The first kappa shape index (κ1) is 25.9. The summed E-state index contributed by atoms with van der Waals surface area (Å²) in [4.78, 5) is 0. The van der Waals surface area contributed by atoms with Gasteiger partial charge in [0, 0.05) is 10.8 Å². The molecule has 0 bridgehead atoms. The molecule has 0 unspecified atom stereocenters. The third-order valence-electron chi connectivity index (χ3n) is 10.9. The van der Waals surface area contributed by atoms with E-state index in [9.17, 15) is 0 Å². The van der Waals surface area contributed by atoms with E-state index >= 15 is 0 Å². The molecule has 11 rings (SSSR count). The van der Waals surface area contributed by atoms with Crippen molar-refractivity contribution in [1.29, 1.82) is 0 Å². The van der Waals surface area contributed by atoms with E-state index < -0.39 is 0 Å². The number of benzene rings is 8. The molecule has 2 aliphatic rings. The highest BCUT2D eigenvalue weighted by atomic mass is 16.3. The summed E-state index contributed by atoms with van der Waals surface area (Å²) in [5.74, 6) is 0. The van der Waals surface area contributed by atoms with Gasteiger partial charge in [-0.3, -0.25) is 0 Å². The Hall–Kier alpha value is -6.18. The molecule has 8 aromatic carbocycles. The van der Waals surface area contributed by atoms with Crippen molar-refractivity contribution in [2.75, 3.05) is 0 Å². The van der Waals surface area contributed by atoms with Crippen LogP contribution in [0.5, 0.6) is 0 Å². The quantitative estimate of drug-likeness (QED) is 0.190. The molecule has 0 N–H and O–H groups in total. The number of fused-ring (bicyclic) bond motifs is 14. The van der Waals surface area contributed by atoms with Gasteiger partial charge in [-0.2, -0.15) is 0 Å². The van der Waals surface area contributed by atoms with Crippen LogP contribution in [0.25, 0.3) is 77.2 Å². The lowest BCUT2D eigenvalue weighted by Crippen LogP contribution is -2.25. The van der Waals surface area contributed by atoms with Crippen LogP contribution in [0.3, 0.4) is 0 Å². The van der Waals surface area contributed by atoms with Gasteiger partial charge < -0.3 is 4.42 Å². The first-order chi connectivity index (χ1) is 23.8. The number of rotatable bonds is 2. The Morgan fingerprint density at radius 2 is 0.812 bits per heavy atom. The smallest absolute Gasteiger partial charge is 0.136 e. The molecule has 1 heteroatoms. The van der Waals surface area contributed by atoms with E-state index in [0.29, 0.717) is 0 Å². The largest absolute Gasteiger partial charge is 0.456 e. The number of hydrogen-bond donors (Lipinski definition) is 0. The molecular weight excluding hydrogens is 581 g/mol. The summed E-state index contributed by atoms with van der Waals surface area (Å²) < 4.78 is 6.75. The van der Waals surface area contributed by atoms with Crippen molar-refractivity contribution in [2.45, 2.75) is 5.41 Å². The minimum atomic E-state index is -0.371. The van der Waals surface area contributed by atoms with Crippen molar-refractivity contribution < 1.29 is 4.42 Å². The molecule has 1 heterocycles. The van der Waals surface area contributed by atoms with E-state index in [1.807, 2.05) is 0 Å². The van der Waals surface area contributed by atoms with Gasteiger partial charge in [0.15, 0.2) is 0 Å². The molecule has 222 valence electrons. The van der Waals surface area contributed by atoms with Crippen LogP contribution < -0.4 is 0 Å². The number of furan rings is 1. The lowest BCUT2D eigenvalue weighted by molar-refractivity contribution is 0.666. The fraction of sp³-hybridized carbons (Fsp3) is 0.0213. The average molecular weight is 609 g/mol. The Morgan fingerprint density at radius 3 is 1.48 bits per heavy atom. The van der Waals surface area contributed by atoms with Gasteiger partial charge in [-0.15, -0.1) is 0 Å². The lowest BCUT2D eigenvalue weighted by atomic mass is 9.70. The van der Waals surface area contributed by atoms with Crippen LogP contribution in [0.1, 0.15) is 22.3 Å². The Morgan fingerprint density at radius 1 is 0.312 bits per heavy atom. The molecule has 48 heavy (non-hydrogen) atoms. The summed E-state index contributed by atoms with van der Waals surface area (Å²) in [6, 6.07) is 62.3. The molecule has 0 saturated heterocycles. The van der Waals surface area contributed by atoms with Gasteiger partial charge in [0.05, 0.1) is 5.41 Å². The van der Waals surface area contributed by atoms with Gasteiger partial charge in [-0.05, 0) is 108 Å². The maximum atomic E-state index is 6.75. The van der Waals surface area contributed by atoms with E-state index in [1.54, 1.807) is 0 Å². The maximum Gasteiger partial charge on any atom is 0.136 e. The van der Waals surface area contributed by atoms with Gasteiger partial charge in [-0.25, -0.2) is 0 Å². The van der Waals surface area contributed by atoms with Crippen LogP contribution in [-0.2, 0) is 5.41 Å². The van der Waals surface area contributed by atoms with Crippen LogP contribution in [0.4, 0.5) is 0 Å². The predicted molar refractivity (Wildman–Crippen MR) is 198 cm³/mol. The monoisotopic (exact) mass is 608 g/mol. The van der Waals surface area contributed by atoms with Crippen LogP contribution in [0.15, 0.2) is 174 Å². The van der Waals surface area contributed by atoms with Gasteiger partial charge in [-0.1, -0.05) is 140 Å². The average Bonchev–Trinajstić information content (AvgIpc) is 3.77. The number of hydrogen-bond acceptors (Lipinski definition) is 1. The first-order valence-corrected chi connectivity index (χ1v) is 16.7. The molecule has 9 aromatic rings. The summed E-state index contributed by atoms with van der Waals surface area (Å²) >= 11 is 0. The van der Waals surface area contributed by atoms with Gasteiger partial charge in [0.2, 0.25) is 0 Å². The lowest BCUT2D eigenvalue weighted by Gasteiger charge is -2.30. The van der Waals surface area contributed by atoms with Crippen LogP contribution in [0.2, 0.25) is 0 Å². The summed E-state index contributed by atoms with van der Waals surface area (Å²) in [5.41, 5.74) is 16.8. The van der Waals surface area contributed by atoms with Crippen molar-refractivity contribution in [3.05, 3.63) is 192 Å². The maximum absolute atomic E-state index is 6.75. The zero-order chi connectivity index (χ0) is 31.4. The second-order valence-electron chi connectivity index (χ2n) is 13.2. The van der Waals surface area contributed by atoms with E-state index in [2.05, 4.69) is 170 Å². The van der Waals surface area contributed by atoms with Crippen molar-refractivity contribution in [3.8, 4) is 44.5 Å². The SMILES string of the molecule is c1ccc2c(c1)-c1ccccc1C21c2ccccc2-c2cc3c(cc21)oc1cc(-c2ccc(-c4ccc5ccccc5c4)cc2)ccc13. The van der Waals surface area contributed by atoms with Crippen molar-refractivity contribution in [1.82, 2.24) is 0 Å². The van der Waals surface area contributed by atoms with E-state index in [4.69, 9.17) is 4.42 Å². The van der Waals surface area contributed by atoms with Crippen molar-refractivity contribution in [2.24, 2.45) is 0 Å². The van der Waals surface area contributed by atoms with E-state index in [-0.39, 0.29) is 5.41 Å². The topological polar surface area (TPSA) is 13.1 Å². The van der Waals surface area contributed by atoms with Gasteiger partial charge in [0.1, 0.15) is 11.2 Å². The van der Waals surface area contributed by atoms with Crippen LogP contribution in [0, 0.1) is 0 Å². The molecule has 2 aliphatic carbocycles. The highest BCUT2D eigenvalue weighted by molar-refractivity contribution is 6.09. The van der Waals surface area contributed by atoms with Crippen molar-refractivity contribution >= 4 is 32.7 Å². The first-order valence-electron chi connectivity index (χ1n) is 16.7. The second kappa shape index (κ2) is 9.44. The van der Waals surface area contributed by atoms with Crippen LogP contribution in [-0.4, -0.2) is 0 Å². The minimum Gasteiger partial charge on any atom is -0.456 e. The van der Waals surface area contributed by atoms with E-state index in [1.165, 1.54) is 72.0 Å². The standard InChI is InChI=1S/C47H28O/c1-2-10-32-25-33(22-21-29(32)9-1)30-17-19-31(20-18-30)34-23-24-38-40-27-39-37-13-5-8-16-43(37)47(44(39)28-46(40)48-45(38)26-34)41-14-6-3-11-35(41)36-12-4-7-15-42(36)47/h1-28H. The fourth-order valence-electron chi connectivity index (χ4n) is 8.76. The molecule has 0 atom stereocenters. The third kappa shape index (κ3) is 3.35. The molecule has 0 fully saturated rings. The van der Waals surface area contributed by atoms with E-state index in [0.717, 1.165) is 27.5 Å². The molecule has 0 saturated carbocycles. The highest BCUT2D eigenvalue weighted by Crippen LogP contribution is 2.63. The Balaban J connectivity index is 1.06. The van der Waals surface area contributed by atoms with Crippen LogP contribution >= 0.6 is 0 Å². The van der Waals surface area contributed by atoms with Crippen molar-refractivity contribution in [3.63, 3.8) is 0 Å².